The normalized spacial score (nSPS) is 13.8. The Hall–Kier alpha value is -4.97. The van der Waals surface area contributed by atoms with Crippen molar-refractivity contribution in [1.82, 2.24) is 19.5 Å². The topological polar surface area (TPSA) is 111 Å². The fourth-order valence-electron chi connectivity index (χ4n) is 4.77. The number of halogens is 3. The van der Waals surface area contributed by atoms with Crippen molar-refractivity contribution in [1.29, 1.82) is 0 Å². The molecule has 42 heavy (non-hydrogen) atoms. The third kappa shape index (κ3) is 5.75. The maximum atomic E-state index is 13.0. The van der Waals surface area contributed by atoms with Gasteiger partial charge in [-0.05, 0) is 54.1 Å². The number of anilines is 3. The number of alkyl halides is 3. The van der Waals surface area contributed by atoms with Crippen molar-refractivity contribution in [3.8, 4) is 11.4 Å². The molecule has 0 bridgehead atoms. The average Bonchev–Trinajstić information content (AvgIpc) is 3.40. The zero-order chi connectivity index (χ0) is 29.3. The maximum Gasteiger partial charge on any atom is 0.416 e. The molecule has 3 heterocycles. The monoisotopic (exact) mass is 573 g/mol. The molecule has 1 fully saturated rings. The van der Waals surface area contributed by atoms with Crippen LogP contribution in [0.5, 0.6) is 0 Å². The summed E-state index contributed by atoms with van der Waals surface area (Å²) >= 11 is 0. The van der Waals surface area contributed by atoms with Crippen LogP contribution in [0.1, 0.15) is 21.5 Å². The highest BCUT2D eigenvalue weighted by molar-refractivity contribution is 5.93. The summed E-state index contributed by atoms with van der Waals surface area (Å²) in [6, 6.07) is 19.6. The molecule has 1 amide bonds. The van der Waals surface area contributed by atoms with Gasteiger partial charge >= 0.3 is 6.18 Å². The number of ether oxygens (including phenoxy) is 1. The summed E-state index contributed by atoms with van der Waals surface area (Å²) in [5.74, 6) is 0.287. The minimum absolute atomic E-state index is 0.249. The number of nitrogens with one attached hydrogen (secondary N) is 1. The molecular formula is C30H26F3N7O2. The van der Waals surface area contributed by atoms with Gasteiger partial charge in [0.15, 0.2) is 22.8 Å². The van der Waals surface area contributed by atoms with Crippen LogP contribution in [-0.4, -0.2) is 51.7 Å². The second-order valence-electron chi connectivity index (χ2n) is 9.85. The van der Waals surface area contributed by atoms with Crippen molar-refractivity contribution < 1.29 is 22.7 Å². The van der Waals surface area contributed by atoms with E-state index in [1.807, 2.05) is 24.3 Å². The van der Waals surface area contributed by atoms with E-state index in [1.165, 1.54) is 12.1 Å². The van der Waals surface area contributed by atoms with Crippen molar-refractivity contribution in [2.45, 2.75) is 12.7 Å². The number of hydrogen-bond acceptors (Lipinski definition) is 7. The number of morpholine rings is 1. The zero-order valence-corrected chi connectivity index (χ0v) is 22.3. The van der Waals surface area contributed by atoms with Crippen molar-refractivity contribution in [2.75, 3.05) is 36.5 Å². The summed E-state index contributed by atoms with van der Waals surface area (Å²) in [5, 5.41) is 3.35. The fraction of sp³-hybridized carbons (Fsp3) is 0.200. The number of fused-ring (bicyclic) bond motifs is 1. The largest absolute Gasteiger partial charge is 0.416 e. The highest BCUT2D eigenvalue weighted by Gasteiger charge is 2.30. The summed E-state index contributed by atoms with van der Waals surface area (Å²) < 4.78 is 46.3. The number of carbonyl (C=O) groups excluding carboxylic acids is 1. The van der Waals surface area contributed by atoms with Gasteiger partial charge in [-0.1, -0.05) is 24.3 Å². The van der Waals surface area contributed by atoms with Crippen molar-refractivity contribution in [2.24, 2.45) is 5.73 Å². The van der Waals surface area contributed by atoms with Gasteiger partial charge < -0.3 is 25.3 Å². The molecule has 1 aliphatic rings. The van der Waals surface area contributed by atoms with Crippen molar-refractivity contribution in [3.05, 3.63) is 95.8 Å². The van der Waals surface area contributed by atoms with E-state index in [2.05, 4.69) is 15.2 Å². The molecule has 3 aromatic carbocycles. The highest BCUT2D eigenvalue weighted by atomic mass is 19.4. The molecule has 1 saturated heterocycles. The summed E-state index contributed by atoms with van der Waals surface area (Å²) in [5.41, 5.74) is 9.21. The minimum Gasteiger partial charge on any atom is -0.378 e. The van der Waals surface area contributed by atoms with Crippen molar-refractivity contribution in [3.63, 3.8) is 0 Å². The number of nitrogens with zero attached hydrogens (tertiary/aromatic N) is 5. The first-order valence-electron chi connectivity index (χ1n) is 13.2. The molecule has 6 rings (SSSR count). The number of aromatic nitrogens is 4. The van der Waals surface area contributed by atoms with Gasteiger partial charge in [-0.25, -0.2) is 15.0 Å². The van der Waals surface area contributed by atoms with E-state index in [0.29, 0.717) is 52.7 Å². The first-order valence-corrected chi connectivity index (χ1v) is 13.2. The molecule has 0 spiro atoms. The molecule has 9 nitrogen and oxygen atoms in total. The molecule has 2 aromatic heterocycles. The van der Waals surface area contributed by atoms with Gasteiger partial charge in [0, 0.05) is 35.6 Å². The summed E-state index contributed by atoms with van der Waals surface area (Å²) in [6.07, 6.45) is -2.82. The van der Waals surface area contributed by atoms with Crippen LogP contribution >= 0.6 is 0 Å². The quantitative estimate of drug-likeness (QED) is 0.274. The number of nitrogens with two attached hydrogens (primary N) is 1. The Morgan fingerprint density at radius 1 is 0.929 bits per heavy atom. The number of hydrogen-bond donors (Lipinski definition) is 2. The average molecular weight is 574 g/mol. The standard InChI is InChI=1S/C30H26F3N7O2/c31-30(32,33)22-7-1-19(2-8-22)17-40-18-35-25-28(36-23-9-11-24(12-10-23)39-13-15-42-16-14-39)37-27(38-29(25)40)21-5-3-20(4-6-21)26(34)41/h1-12,18H,13-17H2,(H2,34,41)(H,36,37,38). The Bertz CT molecular complexity index is 1710. The van der Waals surface area contributed by atoms with Gasteiger partial charge in [0.1, 0.15) is 0 Å². The number of carbonyl (C=O) groups is 1. The maximum absolute atomic E-state index is 13.0. The Balaban J connectivity index is 1.35. The molecule has 0 unspecified atom stereocenters. The van der Waals surface area contributed by atoms with Crippen molar-refractivity contribution >= 4 is 34.3 Å². The van der Waals surface area contributed by atoms with Crippen LogP contribution in [0.3, 0.4) is 0 Å². The van der Waals surface area contributed by atoms with Gasteiger partial charge in [-0.15, -0.1) is 0 Å². The van der Waals surface area contributed by atoms with Crippen LogP contribution in [0.2, 0.25) is 0 Å². The predicted octanol–water partition coefficient (Wildman–Crippen LogP) is 5.24. The third-order valence-corrected chi connectivity index (χ3v) is 7.03. The summed E-state index contributed by atoms with van der Waals surface area (Å²) in [4.78, 5) is 27.9. The van der Waals surface area contributed by atoms with E-state index in [1.54, 1.807) is 35.2 Å². The second-order valence-corrected chi connectivity index (χ2v) is 9.85. The first-order chi connectivity index (χ1) is 20.2. The molecule has 0 saturated carbocycles. The molecule has 214 valence electrons. The van der Waals surface area contributed by atoms with Gasteiger partial charge in [0.2, 0.25) is 5.91 Å². The van der Waals surface area contributed by atoms with E-state index in [0.717, 1.165) is 36.6 Å². The number of amides is 1. The van der Waals surface area contributed by atoms with Gasteiger partial charge in [0.05, 0.1) is 31.6 Å². The van der Waals surface area contributed by atoms with Gasteiger partial charge in [-0.2, -0.15) is 13.2 Å². The summed E-state index contributed by atoms with van der Waals surface area (Å²) in [7, 11) is 0. The zero-order valence-electron chi connectivity index (χ0n) is 22.3. The molecule has 12 heteroatoms. The van der Waals surface area contributed by atoms with E-state index in [4.69, 9.17) is 20.4 Å². The molecule has 1 aliphatic heterocycles. The molecule has 5 aromatic rings. The van der Waals surface area contributed by atoms with E-state index < -0.39 is 17.6 Å². The van der Waals surface area contributed by atoms with E-state index >= 15 is 0 Å². The Morgan fingerprint density at radius 2 is 1.62 bits per heavy atom. The lowest BCUT2D eigenvalue weighted by Crippen LogP contribution is -2.36. The molecular weight excluding hydrogens is 547 g/mol. The molecule has 0 radical (unpaired) electrons. The van der Waals surface area contributed by atoms with Crippen LogP contribution in [-0.2, 0) is 17.5 Å². The van der Waals surface area contributed by atoms with Crippen LogP contribution in [0, 0.1) is 0 Å². The number of primary amides is 1. The van der Waals surface area contributed by atoms with E-state index in [-0.39, 0.29) is 6.54 Å². The smallest absolute Gasteiger partial charge is 0.378 e. The lowest BCUT2D eigenvalue weighted by Gasteiger charge is -2.28. The van der Waals surface area contributed by atoms with Crippen LogP contribution in [0.4, 0.5) is 30.4 Å². The van der Waals surface area contributed by atoms with Gasteiger partial charge in [0.25, 0.3) is 0 Å². The van der Waals surface area contributed by atoms with Crippen LogP contribution in [0.25, 0.3) is 22.6 Å². The van der Waals surface area contributed by atoms with E-state index in [9.17, 15) is 18.0 Å². The molecule has 3 N–H and O–H groups in total. The SMILES string of the molecule is NC(=O)c1ccc(-c2nc(Nc3ccc(N4CCOCC4)cc3)c3ncn(Cc4ccc(C(F)(F)F)cc4)c3n2)cc1. The number of rotatable bonds is 7. The number of imidazole rings is 1. The minimum atomic E-state index is -4.41. The second kappa shape index (κ2) is 11.1. The Labute approximate surface area is 238 Å². The van der Waals surface area contributed by atoms with Gasteiger partial charge in [-0.3, -0.25) is 4.79 Å². The van der Waals surface area contributed by atoms with Crippen LogP contribution < -0.4 is 16.0 Å². The molecule has 0 aliphatic carbocycles. The lowest BCUT2D eigenvalue weighted by molar-refractivity contribution is -0.137. The lowest BCUT2D eigenvalue weighted by atomic mass is 10.1. The Morgan fingerprint density at radius 3 is 2.26 bits per heavy atom. The summed E-state index contributed by atoms with van der Waals surface area (Å²) in [6.45, 7) is 3.29. The third-order valence-electron chi connectivity index (χ3n) is 7.03. The number of benzene rings is 3. The highest BCUT2D eigenvalue weighted by Crippen LogP contribution is 2.31. The first kappa shape index (κ1) is 27.2. The van der Waals surface area contributed by atoms with Crippen LogP contribution in [0.15, 0.2) is 79.1 Å². The predicted molar refractivity (Wildman–Crippen MR) is 153 cm³/mol. The fourth-order valence-corrected chi connectivity index (χ4v) is 4.77. The Kier molecular flexibility index (Phi) is 7.21. The molecule has 0 atom stereocenters.